The molecule has 3 aromatic rings. The number of rotatable bonds is 12. The molecule has 0 aliphatic carbocycles. The molecule has 1 aliphatic heterocycles. The van der Waals surface area contributed by atoms with Gasteiger partial charge in [0.25, 0.3) is 0 Å². The molecule has 8 nitrogen and oxygen atoms in total. The zero-order chi connectivity index (χ0) is 25.2. The van der Waals surface area contributed by atoms with E-state index in [1.807, 2.05) is 54.7 Å². The lowest BCUT2D eigenvalue weighted by molar-refractivity contribution is -0.128. The van der Waals surface area contributed by atoms with Crippen molar-refractivity contribution in [1.29, 1.82) is 0 Å². The molecule has 1 aliphatic rings. The number of amides is 1. The molecule has 1 saturated heterocycles. The van der Waals surface area contributed by atoms with Crippen LogP contribution in [0.4, 0.5) is 0 Å². The summed E-state index contributed by atoms with van der Waals surface area (Å²) in [5, 5.41) is 8.35. The lowest BCUT2D eigenvalue weighted by atomic mass is 10.1. The van der Waals surface area contributed by atoms with Crippen LogP contribution in [0.3, 0.4) is 0 Å². The minimum Gasteiger partial charge on any atom is -0.493 e. The topological polar surface area (TPSA) is 78.7 Å². The Labute approximate surface area is 211 Å². The van der Waals surface area contributed by atoms with Crippen molar-refractivity contribution >= 4 is 12.0 Å². The highest BCUT2D eigenvalue weighted by Crippen LogP contribution is 2.29. The van der Waals surface area contributed by atoms with Crippen molar-refractivity contribution in [2.75, 3.05) is 26.9 Å². The van der Waals surface area contributed by atoms with Crippen LogP contribution < -0.4 is 9.47 Å². The fraction of sp³-hybridized carbons (Fsp3) is 0.321. The predicted molar refractivity (Wildman–Crippen MR) is 138 cm³/mol. The molecular formula is C28H32N4O4. The Hall–Kier alpha value is -3.91. The highest BCUT2D eigenvalue weighted by atomic mass is 16.5. The van der Waals surface area contributed by atoms with Crippen LogP contribution in [-0.4, -0.2) is 58.8 Å². The molecule has 0 saturated carbocycles. The average Bonchev–Trinajstić information content (AvgIpc) is 3.58. The molecule has 36 heavy (non-hydrogen) atoms. The van der Waals surface area contributed by atoms with Gasteiger partial charge in [0.05, 0.1) is 26.0 Å². The van der Waals surface area contributed by atoms with Gasteiger partial charge in [0.15, 0.2) is 11.5 Å². The van der Waals surface area contributed by atoms with Gasteiger partial charge in [-0.05, 0) is 42.2 Å². The molecule has 0 radical (unpaired) electrons. The molecular weight excluding hydrogens is 456 g/mol. The standard InChI is InChI=1S/C28H32N4O4/c1-3-15-36-26-13-11-23(17-27(26)34-2)18-31(21-25-10-7-16-35-25)28(33)14-12-24-20-32(30-29-24)19-22-8-5-4-6-9-22/h3-6,8-9,11-14,17,20,25H,1,7,10,15-16,18-19,21H2,2H3/b14-12+. The van der Waals surface area contributed by atoms with E-state index in [1.165, 1.54) is 0 Å². The smallest absolute Gasteiger partial charge is 0.247 e. The second-order valence-corrected chi connectivity index (χ2v) is 8.60. The Kier molecular flexibility index (Phi) is 8.88. The van der Waals surface area contributed by atoms with Crippen LogP contribution in [0.15, 0.2) is 73.5 Å². The van der Waals surface area contributed by atoms with Crippen molar-refractivity contribution < 1.29 is 19.0 Å². The first kappa shape index (κ1) is 25.2. The average molecular weight is 489 g/mol. The van der Waals surface area contributed by atoms with Crippen molar-refractivity contribution in [1.82, 2.24) is 19.9 Å². The Bertz CT molecular complexity index is 1170. The van der Waals surface area contributed by atoms with Crippen molar-refractivity contribution in [3.05, 3.63) is 90.3 Å². The van der Waals surface area contributed by atoms with E-state index in [2.05, 4.69) is 16.9 Å². The quantitative estimate of drug-likeness (QED) is 0.282. The number of hydrogen-bond acceptors (Lipinski definition) is 6. The van der Waals surface area contributed by atoms with Gasteiger partial charge in [0.2, 0.25) is 5.91 Å². The van der Waals surface area contributed by atoms with Crippen molar-refractivity contribution in [2.45, 2.75) is 32.0 Å². The third kappa shape index (κ3) is 7.05. The molecule has 0 N–H and O–H groups in total. The molecule has 1 amide bonds. The molecule has 8 heteroatoms. The molecule has 1 aromatic heterocycles. The maximum absolute atomic E-state index is 13.2. The third-order valence-electron chi connectivity index (χ3n) is 5.86. The Morgan fingerprint density at radius 3 is 2.83 bits per heavy atom. The molecule has 0 bridgehead atoms. The number of carbonyl (C=O) groups excluding carboxylic acids is 1. The number of hydrogen-bond donors (Lipinski definition) is 0. The minimum absolute atomic E-state index is 0.0335. The summed E-state index contributed by atoms with van der Waals surface area (Å²) in [5.74, 6) is 1.13. The number of aromatic nitrogens is 3. The van der Waals surface area contributed by atoms with Crippen molar-refractivity contribution in [3.8, 4) is 11.5 Å². The van der Waals surface area contributed by atoms with Crippen LogP contribution in [0.1, 0.15) is 29.7 Å². The number of ether oxygens (including phenoxy) is 3. The number of methoxy groups -OCH3 is 1. The predicted octanol–water partition coefficient (Wildman–Crippen LogP) is 4.12. The lowest BCUT2D eigenvalue weighted by Crippen LogP contribution is -2.35. The normalized spacial score (nSPS) is 15.2. The van der Waals surface area contributed by atoms with Crippen LogP contribution in [0.2, 0.25) is 0 Å². The summed E-state index contributed by atoms with van der Waals surface area (Å²) in [7, 11) is 1.60. The zero-order valence-electron chi connectivity index (χ0n) is 20.6. The Morgan fingerprint density at radius 1 is 1.22 bits per heavy atom. The van der Waals surface area contributed by atoms with Crippen LogP contribution in [0.25, 0.3) is 6.08 Å². The van der Waals surface area contributed by atoms with Crippen molar-refractivity contribution in [2.24, 2.45) is 0 Å². The van der Waals surface area contributed by atoms with E-state index in [4.69, 9.17) is 14.2 Å². The van der Waals surface area contributed by atoms with Gasteiger partial charge in [0.1, 0.15) is 12.3 Å². The van der Waals surface area contributed by atoms with Gasteiger partial charge >= 0.3 is 0 Å². The number of nitrogens with zero attached hydrogens (tertiary/aromatic N) is 4. The molecule has 1 unspecified atom stereocenters. The van der Waals surface area contributed by atoms with Crippen LogP contribution in [0, 0.1) is 0 Å². The highest BCUT2D eigenvalue weighted by molar-refractivity contribution is 5.91. The van der Waals surface area contributed by atoms with E-state index < -0.39 is 0 Å². The molecule has 188 valence electrons. The highest BCUT2D eigenvalue weighted by Gasteiger charge is 2.22. The van der Waals surface area contributed by atoms with Gasteiger partial charge in [-0.25, -0.2) is 4.68 Å². The first-order chi connectivity index (χ1) is 17.6. The molecule has 2 aromatic carbocycles. The monoisotopic (exact) mass is 488 g/mol. The van der Waals surface area contributed by atoms with Gasteiger partial charge in [-0.3, -0.25) is 4.79 Å². The van der Waals surface area contributed by atoms with Gasteiger partial charge in [-0.15, -0.1) is 5.10 Å². The van der Waals surface area contributed by atoms with Crippen molar-refractivity contribution in [3.63, 3.8) is 0 Å². The molecule has 0 spiro atoms. The second kappa shape index (κ2) is 12.7. The largest absolute Gasteiger partial charge is 0.493 e. The van der Waals surface area contributed by atoms with Gasteiger partial charge < -0.3 is 19.1 Å². The minimum atomic E-state index is -0.117. The fourth-order valence-corrected chi connectivity index (χ4v) is 4.06. The first-order valence-corrected chi connectivity index (χ1v) is 12.1. The SMILES string of the molecule is C=CCOc1ccc(CN(CC2CCCO2)C(=O)/C=C/c2cn(Cc3ccccc3)nn2)cc1OC. The van der Waals surface area contributed by atoms with Gasteiger partial charge in [-0.1, -0.05) is 54.3 Å². The van der Waals surface area contributed by atoms with E-state index in [0.29, 0.717) is 43.4 Å². The maximum atomic E-state index is 13.2. The van der Waals surface area contributed by atoms with Crippen LogP contribution in [-0.2, 0) is 22.6 Å². The fourth-order valence-electron chi connectivity index (χ4n) is 4.06. The third-order valence-corrected chi connectivity index (χ3v) is 5.86. The molecule has 1 fully saturated rings. The summed E-state index contributed by atoms with van der Waals surface area (Å²) in [6.45, 7) is 6.35. The van der Waals surface area contributed by atoms with Gasteiger partial charge in [0, 0.05) is 25.8 Å². The number of carbonyl (C=O) groups is 1. The van der Waals surface area contributed by atoms with E-state index in [1.54, 1.807) is 34.9 Å². The van der Waals surface area contributed by atoms with E-state index in [9.17, 15) is 4.79 Å². The Morgan fingerprint density at radius 2 is 2.08 bits per heavy atom. The summed E-state index contributed by atoms with van der Waals surface area (Å²) in [4.78, 5) is 15.0. The summed E-state index contributed by atoms with van der Waals surface area (Å²) in [6, 6.07) is 15.7. The van der Waals surface area contributed by atoms with E-state index in [0.717, 1.165) is 30.6 Å². The molecule has 2 heterocycles. The first-order valence-electron chi connectivity index (χ1n) is 12.1. The summed E-state index contributed by atoms with van der Waals surface area (Å²) in [5.41, 5.74) is 2.70. The zero-order valence-corrected chi connectivity index (χ0v) is 20.6. The Balaban J connectivity index is 1.45. The van der Waals surface area contributed by atoms with Gasteiger partial charge in [-0.2, -0.15) is 0 Å². The summed E-state index contributed by atoms with van der Waals surface area (Å²) in [6.07, 6.45) is 8.74. The van der Waals surface area contributed by atoms with E-state index in [-0.39, 0.29) is 12.0 Å². The molecule has 1 atom stereocenters. The second-order valence-electron chi connectivity index (χ2n) is 8.60. The molecule has 4 rings (SSSR count). The summed E-state index contributed by atoms with van der Waals surface area (Å²) < 4.78 is 18.7. The lowest BCUT2D eigenvalue weighted by Gasteiger charge is -2.25. The number of benzene rings is 2. The maximum Gasteiger partial charge on any atom is 0.247 e. The van der Waals surface area contributed by atoms with Crippen LogP contribution >= 0.6 is 0 Å². The van der Waals surface area contributed by atoms with E-state index >= 15 is 0 Å². The summed E-state index contributed by atoms with van der Waals surface area (Å²) >= 11 is 0. The van der Waals surface area contributed by atoms with Crippen LogP contribution in [0.5, 0.6) is 11.5 Å².